The zero-order valence-electron chi connectivity index (χ0n) is 19.3. The average molecular weight is 523 g/mol. The Morgan fingerprint density at radius 3 is 2.74 bits per heavy atom. The van der Waals surface area contributed by atoms with Crippen LogP contribution in [0.25, 0.3) is 10.9 Å². The molecule has 2 aliphatic heterocycles. The highest BCUT2D eigenvalue weighted by Crippen LogP contribution is 2.31. The van der Waals surface area contributed by atoms with Gasteiger partial charge >= 0.3 is 0 Å². The van der Waals surface area contributed by atoms with Gasteiger partial charge in [0.25, 0.3) is 5.91 Å². The Kier molecular flexibility index (Phi) is 5.93. The van der Waals surface area contributed by atoms with Crippen LogP contribution in [-0.2, 0) is 29.1 Å². The summed E-state index contributed by atoms with van der Waals surface area (Å²) in [6.45, 7) is 6.49. The zero-order valence-corrected chi connectivity index (χ0v) is 20.9. The Bertz CT molecular complexity index is 1310. The van der Waals surface area contributed by atoms with E-state index in [9.17, 15) is 14.4 Å². The predicted molar refractivity (Wildman–Crippen MR) is 134 cm³/mol. The van der Waals surface area contributed by atoms with Crippen LogP contribution in [0.3, 0.4) is 0 Å². The maximum Gasteiger partial charge on any atom is 0.256 e. The summed E-state index contributed by atoms with van der Waals surface area (Å²) >= 11 is 3.54. The molecule has 0 saturated carbocycles. The Balaban J connectivity index is 1.44. The highest BCUT2D eigenvalue weighted by atomic mass is 79.9. The maximum absolute atomic E-state index is 13.8. The summed E-state index contributed by atoms with van der Waals surface area (Å²) in [4.78, 5) is 40.9. The van der Waals surface area contributed by atoms with Crippen molar-refractivity contribution in [2.45, 2.75) is 39.4 Å². The van der Waals surface area contributed by atoms with Crippen molar-refractivity contribution in [3.05, 3.63) is 68.8 Å². The summed E-state index contributed by atoms with van der Waals surface area (Å²) in [7, 11) is 0. The van der Waals surface area contributed by atoms with E-state index in [-0.39, 0.29) is 24.4 Å². The second-order valence-corrected chi connectivity index (χ2v) is 10.1. The number of aromatic nitrogens is 1. The van der Waals surface area contributed by atoms with Crippen LogP contribution in [-0.4, -0.2) is 58.3 Å². The zero-order chi connectivity index (χ0) is 24.0. The summed E-state index contributed by atoms with van der Waals surface area (Å²) in [5, 5.41) is 3.83. The topological polar surface area (TPSA) is 74.7 Å². The summed E-state index contributed by atoms with van der Waals surface area (Å²) in [5.74, 6) is -0.132. The third kappa shape index (κ3) is 4.00. The molecule has 2 aromatic carbocycles. The van der Waals surface area contributed by atoms with Gasteiger partial charge < -0.3 is 19.7 Å². The SMILES string of the molecule is Cc1cccc2c1CCN(C(=O)c1c(C)n(CC(=O)NC3CN(C=O)C3)c3ccc(Br)cc13)C2. The third-order valence-electron chi connectivity index (χ3n) is 7.01. The third-order valence-corrected chi connectivity index (χ3v) is 7.51. The van der Waals surface area contributed by atoms with E-state index >= 15 is 0 Å². The highest BCUT2D eigenvalue weighted by Gasteiger charge is 2.30. The van der Waals surface area contributed by atoms with Crippen molar-refractivity contribution in [3.63, 3.8) is 0 Å². The minimum absolute atomic E-state index is 0.00691. The number of halogens is 1. The van der Waals surface area contributed by atoms with Gasteiger partial charge in [-0.15, -0.1) is 0 Å². The molecule has 0 unspecified atom stereocenters. The lowest BCUT2D eigenvalue weighted by atomic mass is 9.95. The first kappa shape index (κ1) is 22.7. The van der Waals surface area contributed by atoms with Crippen molar-refractivity contribution >= 4 is 45.1 Å². The number of aryl methyl sites for hydroxylation is 1. The smallest absolute Gasteiger partial charge is 0.256 e. The Hall–Kier alpha value is -3.13. The Morgan fingerprint density at radius 1 is 1.18 bits per heavy atom. The van der Waals surface area contributed by atoms with E-state index in [0.717, 1.165) is 33.9 Å². The van der Waals surface area contributed by atoms with Crippen LogP contribution < -0.4 is 5.32 Å². The van der Waals surface area contributed by atoms with E-state index in [4.69, 9.17) is 0 Å². The predicted octanol–water partition coefficient (Wildman–Crippen LogP) is 3.18. The normalized spacial score (nSPS) is 15.7. The number of hydrogen-bond donors (Lipinski definition) is 1. The molecule has 1 saturated heterocycles. The number of likely N-dealkylation sites (tertiary alicyclic amines) is 1. The standard InChI is InChI=1S/C26H27BrN4O3/c1-16-4-3-5-18-11-30(9-8-21(16)18)26(34)25-17(2)31(23-7-6-19(27)10-22(23)25)14-24(33)28-20-12-29(13-20)15-32/h3-7,10,15,20H,8-9,11-14H2,1-2H3,(H,28,33). The maximum atomic E-state index is 13.8. The molecule has 0 aliphatic carbocycles. The lowest BCUT2D eigenvalue weighted by molar-refractivity contribution is -0.128. The van der Waals surface area contributed by atoms with Crippen molar-refractivity contribution in [2.24, 2.45) is 0 Å². The summed E-state index contributed by atoms with van der Waals surface area (Å²) in [6, 6.07) is 12.1. The minimum Gasteiger partial charge on any atom is -0.348 e. The molecule has 5 rings (SSSR count). The van der Waals surface area contributed by atoms with Gasteiger partial charge in [0.05, 0.1) is 11.6 Å². The van der Waals surface area contributed by atoms with E-state index in [2.05, 4.69) is 40.3 Å². The molecule has 0 spiro atoms. The van der Waals surface area contributed by atoms with Gasteiger partial charge in [-0.3, -0.25) is 14.4 Å². The van der Waals surface area contributed by atoms with Crippen LogP contribution in [0.5, 0.6) is 0 Å². The quantitative estimate of drug-likeness (QED) is 0.523. The summed E-state index contributed by atoms with van der Waals surface area (Å²) < 4.78 is 2.81. The first-order chi connectivity index (χ1) is 16.4. The summed E-state index contributed by atoms with van der Waals surface area (Å²) in [5.41, 5.74) is 6.11. The molecule has 3 heterocycles. The van der Waals surface area contributed by atoms with E-state index in [0.29, 0.717) is 31.7 Å². The first-order valence-electron chi connectivity index (χ1n) is 11.5. The summed E-state index contributed by atoms with van der Waals surface area (Å²) in [6.07, 6.45) is 1.64. The fourth-order valence-corrected chi connectivity index (χ4v) is 5.53. The van der Waals surface area contributed by atoms with Crippen LogP contribution in [0.15, 0.2) is 40.9 Å². The van der Waals surface area contributed by atoms with Gasteiger partial charge in [0.1, 0.15) is 6.54 Å². The van der Waals surface area contributed by atoms with Crippen LogP contribution in [0.2, 0.25) is 0 Å². The van der Waals surface area contributed by atoms with E-state index in [1.165, 1.54) is 16.7 Å². The van der Waals surface area contributed by atoms with Gasteiger partial charge in [0.2, 0.25) is 12.3 Å². The molecular weight excluding hydrogens is 496 g/mol. The molecule has 7 nitrogen and oxygen atoms in total. The molecule has 2 aliphatic rings. The van der Waals surface area contributed by atoms with Gasteiger partial charge in [0, 0.05) is 47.2 Å². The van der Waals surface area contributed by atoms with Crippen molar-refractivity contribution in [1.82, 2.24) is 19.7 Å². The highest BCUT2D eigenvalue weighted by molar-refractivity contribution is 9.10. The monoisotopic (exact) mass is 522 g/mol. The van der Waals surface area contributed by atoms with Gasteiger partial charge in [-0.05, 0) is 55.2 Å². The number of carbonyl (C=O) groups is 3. The van der Waals surface area contributed by atoms with Crippen molar-refractivity contribution in [1.29, 1.82) is 0 Å². The molecule has 176 valence electrons. The van der Waals surface area contributed by atoms with Crippen molar-refractivity contribution in [3.8, 4) is 0 Å². The molecule has 8 heteroatoms. The number of benzene rings is 2. The minimum atomic E-state index is -0.125. The van der Waals surface area contributed by atoms with Crippen LogP contribution in [0, 0.1) is 13.8 Å². The first-order valence-corrected chi connectivity index (χ1v) is 12.3. The molecule has 0 bridgehead atoms. The number of fused-ring (bicyclic) bond motifs is 2. The lowest BCUT2D eigenvalue weighted by Gasteiger charge is -2.36. The number of amides is 3. The molecule has 1 aromatic heterocycles. The fraction of sp³-hybridized carbons (Fsp3) is 0.346. The molecule has 1 N–H and O–H groups in total. The van der Waals surface area contributed by atoms with Crippen molar-refractivity contribution < 1.29 is 14.4 Å². The number of nitrogens with zero attached hydrogens (tertiary/aromatic N) is 3. The molecule has 3 aromatic rings. The number of nitrogens with one attached hydrogen (secondary N) is 1. The molecule has 3 amide bonds. The largest absolute Gasteiger partial charge is 0.348 e. The van der Waals surface area contributed by atoms with Gasteiger partial charge in [-0.1, -0.05) is 34.1 Å². The number of rotatable bonds is 5. The fourth-order valence-electron chi connectivity index (χ4n) is 5.17. The molecule has 0 radical (unpaired) electrons. The van der Waals surface area contributed by atoms with E-state index in [1.54, 1.807) is 4.90 Å². The Morgan fingerprint density at radius 2 is 1.97 bits per heavy atom. The second kappa shape index (κ2) is 8.91. The molecule has 0 atom stereocenters. The van der Waals surface area contributed by atoms with Gasteiger partial charge in [0.15, 0.2) is 0 Å². The van der Waals surface area contributed by atoms with E-state index < -0.39 is 0 Å². The lowest BCUT2D eigenvalue weighted by Crippen LogP contribution is -2.58. The molecule has 1 fully saturated rings. The van der Waals surface area contributed by atoms with Crippen LogP contribution >= 0.6 is 15.9 Å². The number of hydrogen-bond acceptors (Lipinski definition) is 3. The van der Waals surface area contributed by atoms with E-state index in [1.807, 2.05) is 40.7 Å². The number of carbonyl (C=O) groups excluding carboxylic acids is 3. The Labute approximate surface area is 206 Å². The van der Waals surface area contributed by atoms with Crippen LogP contribution in [0.4, 0.5) is 0 Å². The average Bonchev–Trinajstić information content (AvgIpc) is 3.05. The molecular formula is C26H27BrN4O3. The van der Waals surface area contributed by atoms with Gasteiger partial charge in [-0.25, -0.2) is 0 Å². The molecule has 34 heavy (non-hydrogen) atoms. The van der Waals surface area contributed by atoms with Crippen LogP contribution in [0.1, 0.15) is 32.7 Å². The van der Waals surface area contributed by atoms with Gasteiger partial charge in [-0.2, -0.15) is 0 Å². The van der Waals surface area contributed by atoms with Crippen molar-refractivity contribution in [2.75, 3.05) is 19.6 Å². The second-order valence-electron chi connectivity index (χ2n) is 9.22.